The number of ether oxygens (including phenoxy) is 1. The van der Waals surface area contributed by atoms with E-state index in [9.17, 15) is 15.0 Å². The third-order valence-corrected chi connectivity index (χ3v) is 2.41. The van der Waals surface area contributed by atoms with E-state index in [1.807, 2.05) is 0 Å². The number of nitrogens with two attached hydrogens (primary N) is 1. The Morgan fingerprint density at radius 1 is 1.50 bits per heavy atom. The normalized spacial score (nSPS) is 12.1. The summed E-state index contributed by atoms with van der Waals surface area (Å²) >= 11 is 0. The molecule has 0 aliphatic carbocycles. The highest BCUT2D eigenvalue weighted by Crippen LogP contribution is 2.34. The van der Waals surface area contributed by atoms with Crippen LogP contribution in [0.5, 0.6) is 11.5 Å². The van der Waals surface area contributed by atoms with Gasteiger partial charge in [0.1, 0.15) is 0 Å². The number of esters is 1. The molecule has 5 nitrogen and oxygen atoms in total. The zero-order chi connectivity index (χ0) is 12.1. The maximum atomic E-state index is 11.1. The van der Waals surface area contributed by atoms with Crippen LogP contribution in [0.1, 0.15) is 17.9 Å². The van der Waals surface area contributed by atoms with Crippen LogP contribution in [-0.4, -0.2) is 29.8 Å². The molecule has 1 aromatic carbocycles. The molecule has 88 valence electrons. The highest BCUT2D eigenvalue weighted by atomic mass is 16.5. The molecule has 0 radical (unpaired) electrons. The molecule has 0 heterocycles. The Bertz CT molecular complexity index is 378. The number of methoxy groups -OCH3 is 1. The van der Waals surface area contributed by atoms with Crippen molar-refractivity contribution in [3.8, 4) is 11.5 Å². The van der Waals surface area contributed by atoms with Gasteiger partial charge in [-0.1, -0.05) is 12.1 Å². The van der Waals surface area contributed by atoms with Crippen molar-refractivity contribution in [2.75, 3.05) is 13.7 Å². The van der Waals surface area contributed by atoms with Gasteiger partial charge in [-0.15, -0.1) is 0 Å². The Labute approximate surface area is 93.5 Å². The zero-order valence-electron chi connectivity index (χ0n) is 9.01. The molecule has 4 N–H and O–H groups in total. The lowest BCUT2D eigenvalue weighted by Crippen LogP contribution is -2.17. The van der Waals surface area contributed by atoms with Crippen LogP contribution in [0.15, 0.2) is 18.2 Å². The van der Waals surface area contributed by atoms with Crippen molar-refractivity contribution in [3.05, 3.63) is 23.8 Å². The number of carbonyl (C=O) groups is 1. The van der Waals surface area contributed by atoms with E-state index in [2.05, 4.69) is 4.74 Å². The minimum atomic E-state index is -0.404. The Balaban J connectivity index is 2.95. The minimum Gasteiger partial charge on any atom is -0.504 e. The maximum Gasteiger partial charge on any atom is 0.306 e. The molecule has 5 heteroatoms. The Hall–Kier alpha value is -1.75. The van der Waals surface area contributed by atoms with Crippen LogP contribution in [0.3, 0.4) is 0 Å². The molecule has 0 saturated heterocycles. The second-order valence-electron chi connectivity index (χ2n) is 3.43. The van der Waals surface area contributed by atoms with Crippen molar-refractivity contribution >= 4 is 5.97 Å². The average molecular weight is 225 g/mol. The Morgan fingerprint density at radius 2 is 2.19 bits per heavy atom. The van der Waals surface area contributed by atoms with E-state index in [0.29, 0.717) is 5.56 Å². The molecule has 16 heavy (non-hydrogen) atoms. The molecule has 0 aliphatic rings. The molecule has 1 atom stereocenters. The second kappa shape index (κ2) is 5.37. The first-order valence-electron chi connectivity index (χ1n) is 4.87. The van der Waals surface area contributed by atoms with Crippen molar-refractivity contribution in [2.45, 2.75) is 12.3 Å². The fourth-order valence-corrected chi connectivity index (χ4v) is 1.48. The van der Waals surface area contributed by atoms with Gasteiger partial charge in [0.25, 0.3) is 0 Å². The second-order valence-corrected chi connectivity index (χ2v) is 3.43. The topological polar surface area (TPSA) is 92.8 Å². The Morgan fingerprint density at radius 3 is 2.75 bits per heavy atom. The summed E-state index contributed by atoms with van der Waals surface area (Å²) in [6.07, 6.45) is 0.0734. The van der Waals surface area contributed by atoms with Crippen LogP contribution in [0.4, 0.5) is 0 Å². The minimum absolute atomic E-state index is 0.0734. The molecule has 1 aromatic rings. The van der Waals surface area contributed by atoms with Gasteiger partial charge in [0.2, 0.25) is 0 Å². The number of benzene rings is 1. The van der Waals surface area contributed by atoms with Crippen molar-refractivity contribution in [1.29, 1.82) is 0 Å². The summed E-state index contributed by atoms with van der Waals surface area (Å²) in [5.74, 6) is -1.22. The van der Waals surface area contributed by atoms with Crippen molar-refractivity contribution in [3.63, 3.8) is 0 Å². The predicted octanol–water partition coefficient (Wildman–Crippen LogP) is 0.703. The molecular weight excluding hydrogens is 210 g/mol. The van der Waals surface area contributed by atoms with Crippen LogP contribution < -0.4 is 5.73 Å². The number of rotatable bonds is 4. The van der Waals surface area contributed by atoms with Gasteiger partial charge >= 0.3 is 5.97 Å². The molecule has 0 spiro atoms. The summed E-state index contributed by atoms with van der Waals surface area (Å²) in [4.78, 5) is 11.1. The van der Waals surface area contributed by atoms with Crippen LogP contribution in [-0.2, 0) is 9.53 Å². The van der Waals surface area contributed by atoms with E-state index in [1.165, 1.54) is 13.2 Å². The number of carbonyl (C=O) groups excluding carboxylic acids is 1. The highest BCUT2D eigenvalue weighted by Gasteiger charge is 2.19. The summed E-state index contributed by atoms with van der Waals surface area (Å²) in [5, 5.41) is 19.0. The van der Waals surface area contributed by atoms with E-state index in [-0.39, 0.29) is 30.4 Å². The van der Waals surface area contributed by atoms with Crippen LogP contribution in [0, 0.1) is 0 Å². The first kappa shape index (κ1) is 12.3. The summed E-state index contributed by atoms with van der Waals surface area (Å²) in [6, 6.07) is 4.57. The van der Waals surface area contributed by atoms with Crippen molar-refractivity contribution in [2.24, 2.45) is 5.73 Å². The molecule has 0 amide bonds. The quantitative estimate of drug-likeness (QED) is 0.518. The van der Waals surface area contributed by atoms with E-state index >= 15 is 0 Å². The molecule has 0 bridgehead atoms. The fourth-order valence-electron chi connectivity index (χ4n) is 1.48. The number of para-hydroxylation sites is 1. The predicted molar refractivity (Wildman–Crippen MR) is 58.2 cm³/mol. The molecule has 0 aliphatic heterocycles. The molecule has 1 rings (SSSR count). The lowest BCUT2D eigenvalue weighted by molar-refractivity contribution is -0.141. The zero-order valence-corrected chi connectivity index (χ0v) is 9.01. The summed E-state index contributed by atoms with van der Waals surface area (Å²) in [7, 11) is 1.29. The van der Waals surface area contributed by atoms with Crippen LogP contribution in [0.25, 0.3) is 0 Å². The van der Waals surface area contributed by atoms with Crippen molar-refractivity contribution in [1.82, 2.24) is 0 Å². The number of phenolic OH excluding ortho intramolecular Hbond substituents is 2. The van der Waals surface area contributed by atoms with Gasteiger partial charge in [0.15, 0.2) is 11.5 Å². The fraction of sp³-hybridized carbons (Fsp3) is 0.364. The van der Waals surface area contributed by atoms with Gasteiger partial charge in [0.05, 0.1) is 13.5 Å². The SMILES string of the molecule is COC(=O)CC(CN)c1cccc(O)c1O. The lowest BCUT2D eigenvalue weighted by atomic mass is 9.94. The summed E-state index contributed by atoms with van der Waals surface area (Å²) < 4.78 is 4.54. The number of hydrogen-bond donors (Lipinski definition) is 3. The standard InChI is InChI=1S/C11H15NO4/c1-16-10(14)5-7(6-12)8-3-2-4-9(13)11(8)15/h2-4,7,13,15H,5-6,12H2,1H3. The third-order valence-electron chi connectivity index (χ3n) is 2.41. The van der Waals surface area contributed by atoms with Gasteiger partial charge < -0.3 is 20.7 Å². The number of aromatic hydroxyl groups is 2. The van der Waals surface area contributed by atoms with E-state index in [0.717, 1.165) is 0 Å². The van der Waals surface area contributed by atoms with E-state index in [4.69, 9.17) is 5.73 Å². The van der Waals surface area contributed by atoms with Gasteiger partial charge in [-0.25, -0.2) is 0 Å². The van der Waals surface area contributed by atoms with Gasteiger partial charge in [-0.2, -0.15) is 0 Å². The van der Waals surface area contributed by atoms with Crippen LogP contribution in [0.2, 0.25) is 0 Å². The molecule has 1 unspecified atom stereocenters. The third kappa shape index (κ3) is 2.64. The average Bonchev–Trinajstić information content (AvgIpc) is 2.29. The van der Waals surface area contributed by atoms with Gasteiger partial charge in [-0.3, -0.25) is 4.79 Å². The first-order valence-corrected chi connectivity index (χ1v) is 4.87. The smallest absolute Gasteiger partial charge is 0.306 e. The van der Waals surface area contributed by atoms with E-state index in [1.54, 1.807) is 12.1 Å². The first-order chi connectivity index (χ1) is 7.60. The monoisotopic (exact) mass is 225 g/mol. The highest BCUT2D eigenvalue weighted by molar-refractivity contribution is 5.70. The van der Waals surface area contributed by atoms with Gasteiger partial charge in [-0.05, 0) is 12.6 Å². The number of phenols is 2. The van der Waals surface area contributed by atoms with Crippen LogP contribution >= 0.6 is 0 Å². The maximum absolute atomic E-state index is 11.1. The van der Waals surface area contributed by atoms with Crippen molar-refractivity contribution < 1.29 is 19.7 Å². The van der Waals surface area contributed by atoms with Gasteiger partial charge in [0, 0.05) is 11.5 Å². The largest absolute Gasteiger partial charge is 0.504 e. The lowest BCUT2D eigenvalue weighted by Gasteiger charge is -2.15. The Kier molecular flexibility index (Phi) is 4.13. The molecular formula is C11H15NO4. The summed E-state index contributed by atoms with van der Waals surface area (Å²) in [6.45, 7) is 0.187. The molecule has 0 saturated carbocycles. The summed E-state index contributed by atoms with van der Waals surface area (Å²) in [5.41, 5.74) is 5.98. The molecule has 0 fully saturated rings. The molecule has 0 aromatic heterocycles. The number of hydrogen-bond acceptors (Lipinski definition) is 5. The van der Waals surface area contributed by atoms with E-state index < -0.39 is 5.97 Å².